The molecule has 0 saturated carbocycles. The van der Waals surface area contributed by atoms with Crippen LogP contribution in [0, 0.1) is 5.92 Å². The zero-order valence-electron chi connectivity index (χ0n) is 20.6. The van der Waals surface area contributed by atoms with Crippen molar-refractivity contribution in [3.05, 3.63) is 59.9 Å². The molecule has 0 spiro atoms. The lowest BCUT2D eigenvalue weighted by Crippen LogP contribution is -2.33. The van der Waals surface area contributed by atoms with E-state index < -0.39 is 0 Å². The number of hydrogen-bond donors (Lipinski definition) is 1. The summed E-state index contributed by atoms with van der Waals surface area (Å²) >= 11 is 1.38. The number of ether oxygens (including phenoxy) is 2. The van der Waals surface area contributed by atoms with E-state index in [1.165, 1.54) is 17.3 Å². The topological polar surface area (TPSA) is 78.3 Å². The predicted octanol–water partition coefficient (Wildman–Crippen LogP) is 5.23. The summed E-state index contributed by atoms with van der Waals surface area (Å²) in [4.78, 5) is 12.9. The molecule has 1 heterocycles. The average Bonchev–Trinajstić information content (AvgIpc) is 3.31. The molecule has 3 rings (SSSR count). The number of aromatic nitrogens is 3. The van der Waals surface area contributed by atoms with Crippen molar-refractivity contribution in [2.45, 2.75) is 52.2 Å². The van der Waals surface area contributed by atoms with Gasteiger partial charge in [-0.2, -0.15) is 0 Å². The highest BCUT2D eigenvalue weighted by molar-refractivity contribution is 7.99. The van der Waals surface area contributed by atoms with Crippen LogP contribution in [0.15, 0.2) is 53.9 Å². The van der Waals surface area contributed by atoms with Crippen LogP contribution in [0.5, 0.6) is 11.5 Å². The zero-order valence-corrected chi connectivity index (χ0v) is 21.4. The molecule has 0 aliphatic rings. The third kappa shape index (κ3) is 6.32. The van der Waals surface area contributed by atoms with E-state index in [1.54, 1.807) is 6.33 Å². The van der Waals surface area contributed by atoms with Gasteiger partial charge in [-0.05, 0) is 55.5 Å². The highest BCUT2D eigenvalue weighted by Crippen LogP contribution is 2.33. The van der Waals surface area contributed by atoms with E-state index in [-0.39, 0.29) is 23.6 Å². The van der Waals surface area contributed by atoms with E-state index in [1.807, 2.05) is 54.8 Å². The molecule has 1 atom stereocenters. The number of hydrogen-bond acceptors (Lipinski definition) is 6. The van der Waals surface area contributed by atoms with Gasteiger partial charge in [0.05, 0.1) is 30.7 Å². The fraction of sp³-hybridized carbons (Fsp3) is 0.423. The lowest BCUT2D eigenvalue weighted by molar-refractivity contribution is -0.119. The first-order valence-electron chi connectivity index (χ1n) is 11.8. The Balaban J connectivity index is 1.72. The zero-order chi connectivity index (χ0) is 24.5. The summed E-state index contributed by atoms with van der Waals surface area (Å²) in [6.45, 7) is 11.3. The molecule has 1 N–H and O–H groups in total. The van der Waals surface area contributed by atoms with Crippen LogP contribution >= 0.6 is 11.8 Å². The van der Waals surface area contributed by atoms with Gasteiger partial charge in [-0.3, -0.25) is 9.36 Å². The highest BCUT2D eigenvalue weighted by atomic mass is 32.2. The third-order valence-corrected chi connectivity index (χ3v) is 6.33. The van der Waals surface area contributed by atoms with Crippen molar-refractivity contribution >= 4 is 17.7 Å². The molecule has 0 aliphatic carbocycles. The highest BCUT2D eigenvalue weighted by Gasteiger charge is 2.21. The van der Waals surface area contributed by atoms with Gasteiger partial charge in [0.2, 0.25) is 5.91 Å². The Morgan fingerprint density at radius 2 is 1.79 bits per heavy atom. The average molecular weight is 483 g/mol. The number of rotatable bonds is 12. The molecule has 1 unspecified atom stereocenters. The van der Waals surface area contributed by atoms with Gasteiger partial charge in [0, 0.05) is 0 Å². The van der Waals surface area contributed by atoms with Crippen molar-refractivity contribution in [3.8, 4) is 17.2 Å². The maximum Gasteiger partial charge on any atom is 0.230 e. The minimum atomic E-state index is -0.151. The smallest absolute Gasteiger partial charge is 0.230 e. The first-order valence-corrected chi connectivity index (χ1v) is 12.8. The standard InChI is InChI=1S/C26H34N4O3S/c1-6-19-11-9-10-12-21(19)30-17-27-29-26(30)34-16-24(31)28-25(18(4)5)20-13-14-22(32-7-2)23(15-20)33-8-3/h9-15,17-18,25H,6-8,16H2,1-5H3,(H,28,31). The van der Waals surface area contributed by atoms with Crippen molar-refractivity contribution in [3.63, 3.8) is 0 Å². The number of benzene rings is 2. The molecule has 8 heteroatoms. The van der Waals surface area contributed by atoms with Crippen LogP contribution in [0.25, 0.3) is 5.69 Å². The molecule has 1 amide bonds. The summed E-state index contributed by atoms with van der Waals surface area (Å²) in [6, 6.07) is 13.9. The maximum absolute atomic E-state index is 12.9. The number of carbonyl (C=O) groups excluding carboxylic acids is 1. The van der Waals surface area contributed by atoms with Crippen LogP contribution in [-0.2, 0) is 11.2 Å². The fourth-order valence-electron chi connectivity index (χ4n) is 3.77. The molecule has 182 valence electrons. The van der Waals surface area contributed by atoms with Crippen molar-refractivity contribution in [2.24, 2.45) is 5.92 Å². The molecule has 0 saturated heterocycles. The first-order chi connectivity index (χ1) is 16.5. The summed E-state index contributed by atoms with van der Waals surface area (Å²) < 4.78 is 13.4. The molecule has 1 aromatic heterocycles. The molecule has 2 aromatic carbocycles. The summed E-state index contributed by atoms with van der Waals surface area (Å²) in [6.07, 6.45) is 2.60. The lowest BCUT2D eigenvalue weighted by Gasteiger charge is -2.24. The second-order valence-electron chi connectivity index (χ2n) is 8.12. The summed E-state index contributed by atoms with van der Waals surface area (Å²) in [5.74, 6) is 1.78. The Morgan fingerprint density at radius 3 is 2.50 bits per heavy atom. The Morgan fingerprint density at radius 1 is 1.06 bits per heavy atom. The molecular weight excluding hydrogens is 448 g/mol. The van der Waals surface area contributed by atoms with E-state index in [9.17, 15) is 4.79 Å². The van der Waals surface area contributed by atoms with Crippen LogP contribution in [0.2, 0.25) is 0 Å². The van der Waals surface area contributed by atoms with Gasteiger partial charge in [-0.25, -0.2) is 0 Å². The minimum Gasteiger partial charge on any atom is -0.490 e. The molecule has 0 aliphatic heterocycles. The Kier molecular flexibility index (Phi) is 9.39. The van der Waals surface area contributed by atoms with Crippen molar-refractivity contribution in [1.29, 1.82) is 0 Å². The maximum atomic E-state index is 12.9. The lowest BCUT2D eigenvalue weighted by atomic mass is 9.95. The van der Waals surface area contributed by atoms with Crippen LogP contribution in [0.1, 0.15) is 51.8 Å². The normalized spacial score (nSPS) is 11.9. The number of thioether (sulfide) groups is 1. The fourth-order valence-corrected chi connectivity index (χ4v) is 4.51. The molecule has 34 heavy (non-hydrogen) atoms. The SMILES string of the molecule is CCOc1ccc(C(NC(=O)CSc2nncn2-c2ccccc2CC)C(C)C)cc1OCC. The van der Waals surface area contributed by atoms with Crippen LogP contribution < -0.4 is 14.8 Å². The summed E-state index contributed by atoms with van der Waals surface area (Å²) in [7, 11) is 0. The number of nitrogens with one attached hydrogen (secondary N) is 1. The molecule has 3 aromatic rings. The molecule has 0 radical (unpaired) electrons. The van der Waals surface area contributed by atoms with Gasteiger partial charge >= 0.3 is 0 Å². The van der Waals surface area contributed by atoms with E-state index in [4.69, 9.17) is 9.47 Å². The van der Waals surface area contributed by atoms with E-state index in [0.29, 0.717) is 29.9 Å². The minimum absolute atomic E-state index is 0.0612. The number of nitrogens with zero attached hydrogens (tertiary/aromatic N) is 3. The van der Waals surface area contributed by atoms with Gasteiger partial charge < -0.3 is 14.8 Å². The quantitative estimate of drug-likeness (QED) is 0.356. The second kappa shape index (κ2) is 12.5. The van der Waals surface area contributed by atoms with E-state index >= 15 is 0 Å². The van der Waals surface area contributed by atoms with Gasteiger partial charge in [0.1, 0.15) is 6.33 Å². The number of aryl methyl sites for hydroxylation is 1. The number of carbonyl (C=O) groups is 1. The van der Waals surface area contributed by atoms with Gasteiger partial charge in [0.25, 0.3) is 0 Å². The third-order valence-electron chi connectivity index (χ3n) is 5.39. The number of amides is 1. The van der Waals surface area contributed by atoms with Crippen molar-refractivity contribution in [1.82, 2.24) is 20.1 Å². The molecular formula is C26H34N4O3S. The van der Waals surface area contributed by atoms with Crippen LogP contribution in [0.4, 0.5) is 0 Å². The Hall–Kier alpha value is -3.00. The monoisotopic (exact) mass is 482 g/mol. The van der Waals surface area contributed by atoms with E-state index in [0.717, 1.165) is 17.7 Å². The first kappa shape index (κ1) is 25.6. The van der Waals surface area contributed by atoms with Gasteiger partial charge in [-0.15, -0.1) is 10.2 Å². The number of para-hydroxylation sites is 1. The molecule has 0 bridgehead atoms. The summed E-state index contributed by atoms with van der Waals surface area (Å²) in [5.41, 5.74) is 3.23. The summed E-state index contributed by atoms with van der Waals surface area (Å²) in [5, 5.41) is 12.2. The van der Waals surface area contributed by atoms with Crippen LogP contribution in [0.3, 0.4) is 0 Å². The van der Waals surface area contributed by atoms with Crippen molar-refractivity contribution < 1.29 is 14.3 Å². The Labute approximate surface area is 206 Å². The van der Waals surface area contributed by atoms with Crippen molar-refractivity contribution in [2.75, 3.05) is 19.0 Å². The largest absolute Gasteiger partial charge is 0.490 e. The van der Waals surface area contributed by atoms with E-state index in [2.05, 4.69) is 42.4 Å². The molecule has 0 fully saturated rings. The second-order valence-corrected chi connectivity index (χ2v) is 9.06. The van der Waals surface area contributed by atoms with Gasteiger partial charge in [0.15, 0.2) is 16.7 Å². The van der Waals surface area contributed by atoms with Crippen LogP contribution in [-0.4, -0.2) is 39.6 Å². The van der Waals surface area contributed by atoms with Gasteiger partial charge in [-0.1, -0.05) is 56.8 Å². The Bertz CT molecular complexity index is 1080. The predicted molar refractivity (Wildman–Crippen MR) is 136 cm³/mol. The molecule has 7 nitrogen and oxygen atoms in total.